The summed E-state index contributed by atoms with van der Waals surface area (Å²) in [6.07, 6.45) is 0. The van der Waals surface area contributed by atoms with Crippen molar-refractivity contribution >= 4 is 5.91 Å². The van der Waals surface area contributed by atoms with Crippen molar-refractivity contribution in [2.75, 3.05) is 39.8 Å². The first-order chi connectivity index (χ1) is 15.1. The molecule has 4 rings (SSSR count). The van der Waals surface area contributed by atoms with E-state index in [9.17, 15) is 4.79 Å². The summed E-state index contributed by atoms with van der Waals surface area (Å²) in [6, 6.07) is 22.4. The average Bonchev–Trinajstić information content (AvgIpc) is 3.21. The molecule has 0 radical (unpaired) electrons. The van der Waals surface area contributed by atoms with E-state index in [1.165, 1.54) is 0 Å². The van der Waals surface area contributed by atoms with Crippen LogP contribution in [0.2, 0.25) is 0 Å². The Balaban J connectivity index is 1.37. The maximum absolute atomic E-state index is 13.2. The van der Waals surface area contributed by atoms with Crippen LogP contribution in [0, 0.1) is 6.92 Å². The van der Waals surface area contributed by atoms with Gasteiger partial charge in [-0.15, -0.1) is 0 Å². The van der Waals surface area contributed by atoms with E-state index >= 15 is 0 Å². The van der Waals surface area contributed by atoms with Gasteiger partial charge in [0.2, 0.25) is 5.91 Å². The van der Waals surface area contributed by atoms with Crippen LogP contribution >= 0.6 is 0 Å². The molecule has 31 heavy (non-hydrogen) atoms. The highest BCUT2D eigenvalue weighted by Gasteiger charge is 2.26. The van der Waals surface area contributed by atoms with E-state index in [0.717, 1.165) is 55.3 Å². The number of hydrogen-bond donors (Lipinski definition) is 0. The van der Waals surface area contributed by atoms with Gasteiger partial charge < -0.3 is 9.42 Å². The number of carbonyl (C=O) groups is 1. The molecule has 1 aliphatic heterocycles. The van der Waals surface area contributed by atoms with Crippen LogP contribution in [0.25, 0.3) is 0 Å². The number of piperazine rings is 1. The Morgan fingerprint density at radius 3 is 2.03 bits per heavy atom. The van der Waals surface area contributed by atoms with Crippen molar-refractivity contribution in [2.45, 2.75) is 19.5 Å². The highest BCUT2D eigenvalue weighted by Crippen LogP contribution is 2.27. The van der Waals surface area contributed by atoms with Crippen molar-refractivity contribution < 1.29 is 9.32 Å². The van der Waals surface area contributed by atoms with Gasteiger partial charge in [-0.1, -0.05) is 65.8 Å². The number of amides is 1. The van der Waals surface area contributed by atoms with Gasteiger partial charge in [-0.3, -0.25) is 14.6 Å². The van der Waals surface area contributed by atoms with Gasteiger partial charge in [0.15, 0.2) is 5.76 Å². The average molecular weight is 419 g/mol. The van der Waals surface area contributed by atoms with Crippen molar-refractivity contribution in [1.82, 2.24) is 19.9 Å². The summed E-state index contributed by atoms with van der Waals surface area (Å²) < 4.78 is 5.33. The Bertz CT molecular complexity index is 926. The van der Waals surface area contributed by atoms with Gasteiger partial charge >= 0.3 is 0 Å². The molecule has 0 N–H and O–H groups in total. The molecular weight excluding hydrogens is 388 g/mol. The van der Waals surface area contributed by atoms with Crippen LogP contribution in [0.4, 0.5) is 0 Å². The van der Waals surface area contributed by atoms with Crippen molar-refractivity contribution in [3.05, 3.63) is 89.3 Å². The number of rotatable bonds is 7. The van der Waals surface area contributed by atoms with Crippen LogP contribution in [-0.4, -0.2) is 65.5 Å². The van der Waals surface area contributed by atoms with Crippen LogP contribution in [0.3, 0.4) is 0 Å². The van der Waals surface area contributed by atoms with Crippen LogP contribution < -0.4 is 0 Å². The fourth-order valence-corrected chi connectivity index (χ4v) is 4.17. The zero-order valence-electron chi connectivity index (χ0n) is 18.3. The summed E-state index contributed by atoms with van der Waals surface area (Å²) in [7, 11) is 1.91. The maximum Gasteiger partial charge on any atom is 0.237 e. The maximum atomic E-state index is 13.2. The summed E-state index contributed by atoms with van der Waals surface area (Å²) in [6.45, 7) is 6.71. The third-order valence-electron chi connectivity index (χ3n) is 5.89. The van der Waals surface area contributed by atoms with Crippen molar-refractivity contribution in [3.63, 3.8) is 0 Å². The molecule has 3 aromatic rings. The van der Waals surface area contributed by atoms with Crippen LogP contribution in [0.1, 0.15) is 28.6 Å². The number of likely N-dealkylation sites (N-methyl/N-ethyl adjacent to an activating group) is 1. The van der Waals surface area contributed by atoms with Gasteiger partial charge in [0.1, 0.15) is 0 Å². The zero-order chi connectivity index (χ0) is 21.6. The first-order valence-electron chi connectivity index (χ1n) is 10.8. The normalized spacial score (nSPS) is 15.3. The lowest BCUT2D eigenvalue weighted by atomic mass is 9.97. The quantitative estimate of drug-likeness (QED) is 0.589. The van der Waals surface area contributed by atoms with E-state index in [4.69, 9.17) is 4.52 Å². The molecule has 0 aliphatic carbocycles. The fourth-order valence-electron chi connectivity index (χ4n) is 4.17. The molecule has 0 atom stereocenters. The Morgan fingerprint density at radius 1 is 0.968 bits per heavy atom. The summed E-state index contributed by atoms with van der Waals surface area (Å²) in [4.78, 5) is 19.7. The molecule has 0 spiro atoms. The summed E-state index contributed by atoms with van der Waals surface area (Å²) in [5.74, 6) is 1.03. The number of nitrogens with zero attached hydrogens (tertiary/aromatic N) is 4. The standard InChI is InChI=1S/C25H30N4O2/c1-20-17-23(31-26-20)18-28-13-15-29(16-14-28)19-24(30)27(2)25(21-9-5-3-6-10-21)22-11-7-4-8-12-22/h3-12,17,25H,13-16,18-19H2,1-2H3. The molecule has 0 saturated carbocycles. The van der Waals surface area contributed by atoms with Crippen molar-refractivity contribution in [3.8, 4) is 0 Å². The van der Waals surface area contributed by atoms with Gasteiger partial charge in [0, 0.05) is 39.3 Å². The number of aromatic nitrogens is 1. The second-order valence-corrected chi connectivity index (χ2v) is 8.22. The minimum Gasteiger partial charge on any atom is -0.360 e. The lowest BCUT2D eigenvalue weighted by molar-refractivity contribution is -0.133. The van der Waals surface area contributed by atoms with Crippen LogP contribution in [0.15, 0.2) is 71.3 Å². The summed E-state index contributed by atoms with van der Waals surface area (Å²) in [5, 5.41) is 3.96. The van der Waals surface area contributed by atoms with Crippen molar-refractivity contribution in [2.24, 2.45) is 0 Å². The zero-order valence-corrected chi connectivity index (χ0v) is 18.3. The summed E-state index contributed by atoms with van der Waals surface area (Å²) >= 11 is 0. The molecule has 1 aliphatic rings. The van der Waals surface area contributed by atoms with E-state index in [-0.39, 0.29) is 11.9 Å². The highest BCUT2D eigenvalue weighted by atomic mass is 16.5. The van der Waals surface area contributed by atoms with E-state index < -0.39 is 0 Å². The molecule has 1 fully saturated rings. The first kappa shape index (κ1) is 21.3. The van der Waals surface area contributed by atoms with Crippen LogP contribution in [-0.2, 0) is 11.3 Å². The molecule has 162 valence electrons. The molecule has 0 bridgehead atoms. The van der Waals surface area contributed by atoms with Crippen molar-refractivity contribution in [1.29, 1.82) is 0 Å². The predicted molar refractivity (Wildman–Crippen MR) is 120 cm³/mol. The minimum absolute atomic E-state index is 0.0918. The van der Waals surface area contributed by atoms with Crippen LogP contribution in [0.5, 0.6) is 0 Å². The Kier molecular flexibility index (Phi) is 6.79. The molecule has 1 amide bonds. The Labute approximate surface area is 184 Å². The summed E-state index contributed by atoms with van der Waals surface area (Å²) in [5.41, 5.74) is 3.15. The number of benzene rings is 2. The number of carbonyl (C=O) groups excluding carboxylic acids is 1. The second-order valence-electron chi connectivity index (χ2n) is 8.22. The highest BCUT2D eigenvalue weighted by molar-refractivity contribution is 5.79. The van der Waals surface area contributed by atoms with Gasteiger partial charge in [0.05, 0.1) is 24.8 Å². The van der Waals surface area contributed by atoms with E-state index in [1.807, 2.05) is 61.3 Å². The lowest BCUT2D eigenvalue weighted by Gasteiger charge is -2.36. The Hall–Kier alpha value is -2.96. The van der Waals surface area contributed by atoms with Gasteiger partial charge in [-0.2, -0.15) is 0 Å². The third-order valence-corrected chi connectivity index (χ3v) is 5.89. The van der Waals surface area contributed by atoms with Gasteiger partial charge in [-0.05, 0) is 18.1 Å². The molecule has 6 heteroatoms. The third kappa shape index (κ3) is 5.40. The molecule has 2 heterocycles. The number of aryl methyl sites for hydroxylation is 1. The molecule has 0 unspecified atom stereocenters. The fraction of sp³-hybridized carbons (Fsp3) is 0.360. The topological polar surface area (TPSA) is 52.8 Å². The van der Waals surface area contributed by atoms with Gasteiger partial charge in [-0.25, -0.2) is 0 Å². The molecule has 2 aromatic carbocycles. The molecule has 1 aromatic heterocycles. The van der Waals surface area contributed by atoms with E-state index in [0.29, 0.717) is 6.54 Å². The smallest absolute Gasteiger partial charge is 0.237 e. The molecular formula is C25H30N4O2. The Morgan fingerprint density at radius 2 is 1.52 bits per heavy atom. The molecule has 1 saturated heterocycles. The first-order valence-corrected chi connectivity index (χ1v) is 10.8. The second kappa shape index (κ2) is 9.90. The SMILES string of the molecule is Cc1cc(CN2CCN(CC(=O)N(C)C(c3ccccc3)c3ccccc3)CC2)on1. The predicted octanol–water partition coefficient (Wildman–Crippen LogP) is 3.35. The largest absolute Gasteiger partial charge is 0.360 e. The molecule has 6 nitrogen and oxygen atoms in total. The van der Waals surface area contributed by atoms with E-state index in [1.54, 1.807) is 0 Å². The van der Waals surface area contributed by atoms with Gasteiger partial charge in [0.25, 0.3) is 0 Å². The number of hydrogen-bond acceptors (Lipinski definition) is 5. The van der Waals surface area contributed by atoms with E-state index in [2.05, 4.69) is 39.2 Å². The lowest BCUT2D eigenvalue weighted by Crippen LogP contribution is -2.49. The monoisotopic (exact) mass is 418 g/mol. The minimum atomic E-state index is -0.0918.